The van der Waals surface area contributed by atoms with Gasteiger partial charge in [0, 0.05) is 32.6 Å². The summed E-state index contributed by atoms with van der Waals surface area (Å²) in [6.07, 6.45) is 4.49. The highest BCUT2D eigenvalue weighted by Crippen LogP contribution is 2.04. The number of nitrogens with zero attached hydrogens (tertiary/aromatic N) is 2. The minimum atomic E-state index is -0.219. The average molecular weight is 222 g/mol. The number of aromatic nitrogens is 2. The molecule has 1 amide bonds. The molecule has 86 valence electrons. The second-order valence-electron chi connectivity index (χ2n) is 3.60. The van der Waals surface area contributed by atoms with E-state index >= 15 is 0 Å². The molecule has 0 bridgehead atoms. The molecule has 1 unspecified atom stereocenters. The Bertz CT molecular complexity index is 357. The maximum absolute atomic E-state index is 11.8. The van der Waals surface area contributed by atoms with Gasteiger partial charge >= 0.3 is 0 Å². The molecule has 0 aliphatic carbocycles. The number of rotatable bonds is 3. The van der Waals surface area contributed by atoms with E-state index in [9.17, 15) is 4.79 Å². The molecule has 2 heterocycles. The number of methoxy groups -OCH3 is 1. The molecule has 6 heteroatoms. The van der Waals surface area contributed by atoms with Crippen molar-refractivity contribution in [3.63, 3.8) is 0 Å². The first-order chi connectivity index (χ1) is 7.81. The lowest BCUT2D eigenvalue weighted by Gasteiger charge is -2.17. The van der Waals surface area contributed by atoms with Crippen LogP contribution >= 0.6 is 0 Å². The van der Waals surface area contributed by atoms with Crippen molar-refractivity contribution >= 4 is 5.91 Å². The van der Waals surface area contributed by atoms with Crippen molar-refractivity contribution in [2.45, 2.75) is 12.1 Å². The summed E-state index contributed by atoms with van der Waals surface area (Å²) in [7, 11) is 1.64. The molecular weight excluding hydrogens is 208 g/mol. The number of nitrogens with one attached hydrogen (secondary N) is 2. The van der Waals surface area contributed by atoms with E-state index in [1.165, 1.54) is 18.6 Å². The van der Waals surface area contributed by atoms with Crippen LogP contribution in [-0.2, 0) is 4.74 Å². The largest absolute Gasteiger partial charge is 0.378 e. The highest BCUT2D eigenvalue weighted by atomic mass is 16.5. The molecule has 0 radical (unpaired) electrons. The van der Waals surface area contributed by atoms with Gasteiger partial charge in [0.25, 0.3) is 5.91 Å². The first kappa shape index (κ1) is 11.0. The summed E-state index contributed by atoms with van der Waals surface area (Å²) in [4.78, 5) is 19.6. The van der Waals surface area contributed by atoms with Crippen LogP contribution in [0.1, 0.15) is 10.5 Å². The van der Waals surface area contributed by atoms with Crippen LogP contribution < -0.4 is 10.6 Å². The summed E-state index contributed by atoms with van der Waals surface area (Å²) in [5.74, 6) is -0.219. The van der Waals surface area contributed by atoms with Gasteiger partial charge in [0.15, 0.2) is 0 Å². The quantitative estimate of drug-likeness (QED) is 0.699. The summed E-state index contributed by atoms with van der Waals surface area (Å²) < 4.78 is 5.25. The second-order valence-corrected chi connectivity index (χ2v) is 3.60. The van der Waals surface area contributed by atoms with Crippen molar-refractivity contribution in [3.8, 4) is 0 Å². The predicted molar refractivity (Wildman–Crippen MR) is 57.0 cm³/mol. The Morgan fingerprint density at radius 3 is 3.12 bits per heavy atom. The smallest absolute Gasteiger partial charge is 0.271 e. The highest BCUT2D eigenvalue weighted by molar-refractivity contribution is 5.92. The molecule has 2 atom stereocenters. The number of hydrogen-bond acceptors (Lipinski definition) is 5. The van der Waals surface area contributed by atoms with Gasteiger partial charge in [0.1, 0.15) is 5.69 Å². The van der Waals surface area contributed by atoms with Crippen LogP contribution in [0.2, 0.25) is 0 Å². The van der Waals surface area contributed by atoms with Gasteiger partial charge in [-0.15, -0.1) is 0 Å². The van der Waals surface area contributed by atoms with Gasteiger partial charge in [0.05, 0.1) is 18.3 Å². The minimum absolute atomic E-state index is 0.0143. The van der Waals surface area contributed by atoms with Crippen molar-refractivity contribution in [2.24, 2.45) is 0 Å². The third-order valence-corrected chi connectivity index (χ3v) is 2.57. The fraction of sp³-hybridized carbons (Fsp3) is 0.500. The van der Waals surface area contributed by atoms with E-state index in [2.05, 4.69) is 20.6 Å². The molecule has 1 aromatic rings. The van der Waals surface area contributed by atoms with Gasteiger partial charge in [-0.2, -0.15) is 0 Å². The van der Waals surface area contributed by atoms with E-state index < -0.39 is 0 Å². The Balaban J connectivity index is 1.97. The van der Waals surface area contributed by atoms with Gasteiger partial charge in [0.2, 0.25) is 0 Å². The monoisotopic (exact) mass is 222 g/mol. The van der Waals surface area contributed by atoms with Gasteiger partial charge in [-0.3, -0.25) is 9.78 Å². The fourth-order valence-electron chi connectivity index (χ4n) is 1.71. The van der Waals surface area contributed by atoms with Crippen LogP contribution in [0.3, 0.4) is 0 Å². The standard InChI is InChI=1S/C10H14N4O2/c1-16-9-6-12-4-7(9)14-10(15)8-5-11-2-3-13-8/h2-3,5,7,9,12H,4,6H2,1H3,(H,14,15)/t7?,9-/m0/s1. The first-order valence-electron chi connectivity index (χ1n) is 5.11. The molecule has 1 saturated heterocycles. The maximum Gasteiger partial charge on any atom is 0.271 e. The van der Waals surface area contributed by atoms with E-state index in [0.717, 1.165) is 6.54 Å². The molecule has 1 aliphatic heterocycles. The summed E-state index contributed by atoms with van der Waals surface area (Å²) in [6, 6.07) is -0.0143. The van der Waals surface area contributed by atoms with Crippen molar-refractivity contribution < 1.29 is 9.53 Å². The Kier molecular flexibility index (Phi) is 3.43. The van der Waals surface area contributed by atoms with E-state index in [0.29, 0.717) is 12.2 Å². The molecule has 1 fully saturated rings. The maximum atomic E-state index is 11.8. The summed E-state index contributed by atoms with van der Waals surface area (Å²) >= 11 is 0. The Morgan fingerprint density at radius 2 is 2.44 bits per heavy atom. The van der Waals surface area contributed by atoms with Crippen LogP contribution in [-0.4, -0.2) is 48.2 Å². The lowest BCUT2D eigenvalue weighted by atomic mass is 10.2. The third kappa shape index (κ3) is 2.34. The SMILES string of the molecule is CO[C@H]1CNCC1NC(=O)c1cnccn1. The van der Waals surface area contributed by atoms with Gasteiger partial charge in [-0.05, 0) is 0 Å². The lowest BCUT2D eigenvalue weighted by molar-refractivity contribution is 0.0776. The Morgan fingerprint density at radius 1 is 1.56 bits per heavy atom. The van der Waals surface area contributed by atoms with Crippen molar-refractivity contribution in [1.82, 2.24) is 20.6 Å². The summed E-state index contributed by atoms with van der Waals surface area (Å²) in [5.41, 5.74) is 0.323. The predicted octanol–water partition coefficient (Wildman–Crippen LogP) is -0.807. The normalized spacial score (nSPS) is 24.3. The zero-order valence-corrected chi connectivity index (χ0v) is 9.01. The third-order valence-electron chi connectivity index (χ3n) is 2.57. The molecule has 6 nitrogen and oxygen atoms in total. The zero-order valence-electron chi connectivity index (χ0n) is 9.01. The number of ether oxygens (including phenoxy) is 1. The van der Waals surface area contributed by atoms with Gasteiger partial charge in [-0.1, -0.05) is 0 Å². The molecule has 16 heavy (non-hydrogen) atoms. The first-order valence-corrected chi connectivity index (χ1v) is 5.11. The zero-order chi connectivity index (χ0) is 11.4. The van der Waals surface area contributed by atoms with Gasteiger partial charge < -0.3 is 15.4 Å². The Hall–Kier alpha value is -1.53. The second kappa shape index (κ2) is 5.00. The number of carbonyl (C=O) groups is 1. The van der Waals surface area contributed by atoms with Crippen LogP contribution in [0.15, 0.2) is 18.6 Å². The molecule has 1 aliphatic rings. The topological polar surface area (TPSA) is 76.1 Å². The molecular formula is C10H14N4O2. The van der Waals surface area contributed by atoms with E-state index in [4.69, 9.17) is 4.74 Å². The number of amides is 1. The molecule has 2 N–H and O–H groups in total. The summed E-state index contributed by atoms with van der Waals surface area (Å²) in [6.45, 7) is 1.46. The fourth-order valence-corrected chi connectivity index (χ4v) is 1.71. The molecule has 1 aromatic heterocycles. The highest BCUT2D eigenvalue weighted by Gasteiger charge is 2.28. The Labute approximate surface area is 93.4 Å². The molecule has 0 saturated carbocycles. The molecule has 0 spiro atoms. The lowest BCUT2D eigenvalue weighted by Crippen LogP contribution is -2.43. The van der Waals surface area contributed by atoms with Crippen molar-refractivity contribution in [2.75, 3.05) is 20.2 Å². The van der Waals surface area contributed by atoms with Crippen LogP contribution in [0, 0.1) is 0 Å². The minimum Gasteiger partial charge on any atom is -0.378 e. The number of carbonyl (C=O) groups excluding carboxylic acids is 1. The van der Waals surface area contributed by atoms with Crippen molar-refractivity contribution in [3.05, 3.63) is 24.3 Å². The van der Waals surface area contributed by atoms with E-state index in [1.54, 1.807) is 7.11 Å². The van der Waals surface area contributed by atoms with Crippen LogP contribution in [0.5, 0.6) is 0 Å². The van der Waals surface area contributed by atoms with E-state index in [-0.39, 0.29) is 18.1 Å². The van der Waals surface area contributed by atoms with Crippen LogP contribution in [0.25, 0.3) is 0 Å². The molecule has 0 aromatic carbocycles. The van der Waals surface area contributed by atoms with Crippen LogP contribution in [0.4, 0.5) is 0 Å². The van der Waals surface area contributed by atoms with Crippen molar-refractivity contribution in [1.29, 1.82) is 0 Å². The molecule has 2 rings (SSSR count). The average Bonchev–Trinajstić information content (AvgIpc) is 2.77. The van der Waals surface area contributed by atoms with E-state index in [1.807, 2.05) is 0 Å². The van der Waals surface area contributed by atoms with Gasteiger partial charge in [-0.25, -0.2) is 4.98 Å². The summed E-state index contributed by atoms with van der Waals surface area (Å²) in [5, 5.41) is 6.02. The number of hydrogen-bond donors (Lipinski definition) is 2.